The topological polar surface area (TPSA) is 53.7 Å². The maximum Gasteiger partial charge on any atom is 0.230 e. The van der Waals surface area contributed by atoms with Crippen LogP contribution in [0.5, 0.6) is 5.88 Å². The number of aromatic nitrogens is 3. The van der Waals surface area contributed by atoms with E-state index in [4.69, 9.17) is 0 Å². The van der Waals surface area contributed by atoms with Crippen molar-refractivity contribution in [2.75, 3.05) is 13.1 Å². The molecule has 0 aliphatic carbocycles. The summed E-state index contributed by atoms with van der Waals surface area (Å²) in [4.78, 5) is 8.48. The number of hydrogen-bond donors (Lipinski definition) is 1. The Labute approximate surface area is 140 Å². The molecular weight excluding hydrogens is 308 g/mol. The third kappa shape index (κ3) is 2.84. The van der Waals surface area contributed by atoms with Crippen LogP contribution in [0.15, 0.2) is 30.3 Å². The molecule has 0 aliphatic rings. The smallest absolute Gasteiger partial charge is 0.230 e. The SMILES string of the molecule is CCc1nc2sc(C(c3ccccc3)N(CC)CC)c(O)n2n1. The minimum Gasteiger partial charge on any atom is -0.492 e. The van der Waals surface area contributed by atoms with Gasteiger partial charge in [0.25, 0.3) is 0 Å². The van der Waals surface area contributed by atoms with Crippen LogP contribution in [0.1, 0.15) is 43.1 Å². The Morgan fingerprint density at radius 2 is 1.87 bits per heavy atom. The standard InChI is InChI=1S/C17H22N4OS/c1-4-13-18-17-21(19-13)16(22)15(23-17)14(20(5-2)6-3)12-10-8-7-9-11-12/h7-11,14,22H,4-6H2,1-3H3. The van der Waals surface area contributed by atoms with Crippen molar-refractivity contribution < 1.29 is 5.11 Å². The molecule has 1 N–H and O–H groups in total. The van der Waals surface area contributed by atoms with E-state index < -0.39 is 0 Å². The molecule has 23 heavy (non-hydrogen) atoms. The number of rotatable bonds is 6. The molecule has 0 bridgehead atoms. The first kappa shape index (κ1) is 16.0. The molecule has 2 heterocycles. The number of aryl methyl sites for hydroxylation is 1. The Kier molecular flexibility index (Phi) is 4.63. The third-order valence-corrected chi connectivity index (χ3v) is 5.17. The Morgan fingerprint density at radius 1 is 1.17 bits per heavy atom. The number of fused-ring (bicyclic) bond motifs is 1. The molecule has 3 rings (SSSR count). The van der Waals surface area contributed by atoms with E-state index in [0.717, 1.165) is 35.2 Å². The first-order valence-electron chi connectivity index (χ1n) is 8.05. The molecule has 122 valence electrons. The van der Waals surface area contributed by atoms with E-state index in [1.807, 2.05) is 25.1 Å². The van der Waals surface area contributed by atoms with Crippen molar-refractivity contribution in [3.05, 3.63) is 46.6 Å². The van der Waals surface area contributed by atoms with Crippen molar-refractivity contribution in [1.29, 1.82) is 0 Å². The molecule has 0 amide bonds. The van der Waals surface area contributed by atoms with Crippen molar-refractivity contribution in [3.8, 4) is 5.88 Å². The minimum atomic E-state index is 0.0183. The lowest BCUT2D eigenvalue weighted by Gasteiger charge is -2.29. The number of thiazole rings is 1. The molecule has 2 aromatic heterocycles. The summed E-state index contributed by atoms with van der Waals surface area (Å²) < 4.78 is 1.57. The summed E-state index contributed by atoms with van der Waals surface area (Å²) in [6.07, 6.45) is 0.765. The molecule has 0 saturated heterocycles. The highest BCUT2D eigenvalue weighted by Gasteiger charge is 2.27. The van der Waals surface area contributed by atoms with Gasteiger partial charge in [-0.15, -0.1) is 5.10 Å². The van der Waals surface area contributed by atoms with E-state index in [2.05, 4.69) is 41.0 Å². The van der Waals surface area contributed by atoms with Crippen molar-refractivity contribution in [3.63, 3.8) is 0 Å². The molecule has 0 aliphatic heterocycles. The van der Waals surface area contributed by atoms with Crippen LogP contribution in [0.4, 0.5) is 0 Å². The van der Waals surface area contributed by atoms with E-state index in [9.17, 15) is 5.11 Å². The lowest BCUT2D eigenvalue weighted by Crippen LogP contribution is -2.28. The van der Waals surface area contributed by atoms with Crippen LogP contribution >= 0.6 is 11.3 Å². The van der Waals surface area contributed by atoms with Gasteiger partial charge in [-0.1, -0.05) is 62.4 Å². The number of nitrogens with zero attached hydrogens (tertiary/aromatic N) is 4. The van der Waals surface area contributed by atoms with Gasteiger partial charge in [0.05, 0.1) is 10.9 Å². The molecule has 1 unspecified atom stereocenters. The van der Waals surface area contributed by atoms with Crippen LogP contribution in [0.3, 0.4) is 0 Å². The van der Waals surface area contributed by atoms with Crippen LogP contribution in [-0.4, -0.2) is 37.7 Å². The zero-order chi connectivity index (χ0) is 16.4. The Morgan fingerprint density at radius 3 is 2.43 bits per heavy atom. The fourth-order valence-corrected chi connectivity index (χ4v) is 4.01. The van der Waals surface area contributed by atoms with E-state index in [1.54, 1.807) is 4.52 Å². The van der Waals surface area contributed by atoms with E-state index in [-0.39, 0.29) is 11.9 Å². The van der Waals surface area contributed by atoms with Gasteiger partial charge in [0.1, 0.15) is 0 Å². The first-order valence-corrected chi connectivity index (χ1v) is 8.87. The zero-order valence-electron chi connectivity index (χ0n) is 13.7. The lowest BCUT2D eigenvalue weighted by atomic mass is 10.0. The predicted octanol–water partition coefficient (Wildman–Crippen LogP) is 3.49. The van der Waals surface area contributed by atoms with Crippen LogP contribution < -0.4 is 0 Å². The van der Waals surface area contributed by atoms with Crippen LogP contribution in [-0.2, 0) is 6.42 Å². The van der Waals surface area contributed by atoms with Crippen molar-refractivity contribution in [2.24, 2.45) is 0 Å². The minimum absolute atomic E-state index is 0.0183. The highest BCUT2D eigenvalue weighted by atomic mass is 32.1. The zero-order valence-corrected chi connectivity index (χ0v) is 14.5. The summed E-state index contributed by atoms with van der Waals surface area (Å²) in [6.45, 7) is 8.11. The van der Waals surface area contributed by atoms with Crippen LogP contribution in [0.2, 0.25) is 0 Å². The molecule has 0 saturated carbocycles. The van der Waals surface area contributed by atoms with Gasteiger partial charge in [0.2, 0.25) is 10.8 Å². The Hall–Kier alpha value is -1.92. The van der Waals surface area contributed by atoms with E-state index >= 15 is 0 Å². The number of aromatic hydroxyl groups is 1. The van der Waals surface area contributed by atoms with Crippen LogP contribution in [0, 0.1) is 0 Å². The third-order valence-electron chi connectivity index (χ3n) is 4.10. The summed E-state index contributed by atoms with van der Waals surface area (Å²) >= 11 is 1.52. The largest absolute Gasteiger partial charge is 0.492 e. The normalized spacial score (nSPS) is 13.0. The number of hydrogen-bond acceptors (Lipinski definition) is 5. The Balaban J connectivity index is 2.13. The fourth-order valence-electron chi connectivity index (χ4n) is 2.87. The predicted molar refractivity (Wildman–Crippen MR) is 93.1 cm³/mol. The average molecular weight is 330 g/mol. The van der Waals surface area contributed by atoms with Gasteiger partial charge >= 0.3 is 0 Å². The average Bonchev–Trinajstić information content (AvgIpc) is 3.12. The van der Waals surface area contributed by atoms with Crippen molar-refractivity contribution >= 4 is 16.3 Å². The second-order valence-electron chi connectivity index (χ2n) is 5.40. The summed E-state index contributed by atoms with van der Waals surface area (Å²) in [5.41, 5.74) is 1.17. The van der Waals surface area contributed by atoms with Gasteiger partial charge in [-0.25, -0.2) is 4.98 Å². The van der Waals surface area contributed by atoms with Gasteiger partial charge < -0.3 is 5.11 Å². The maximum atomic E-state index is 10.7. The monoisotopic (exact) mass is 330 g/mol. The second-order valence-corrected chi connectivity index (χ2v) is 6.41. The molecule has 1 atom stereocenters. The van der Waals surface area contributed by atoms with Gasteiger partial charge in [-0.2, -0.15) is 4.52 Å². The van der Waals surface area contributed by atoms with Gasteiger partial charge in [0, 0.05) is 6.42 Å². The lowest BCUT2D eigenvalue weighted by molar-refractivity contribution is 0.248. The molecule has 0 radical (unpaired) electrons. The maximum absolute atomic E-state index is 10.7. The summed E-state index contributed by atoms with van der Waals surface area (Å²) in [6, 6.07) is 10.3. The number of benzene rings is 1. The van der Waals surface area contributed by atoms with E-state index in [1.165, 1.54) is 16.9 Å². The van der Waals surface area contributed by atoms with Gasteiger partial charge in [-0.05, 0) is 18.7 Å². The highest BCUT2D eigenvalue weighted by molar-refractivity contribution is 7.17. The van der Waals surface area contributed by atoms with Gasteiger partial charge in [-0.3, -0.25) is 4.90 Å². The fraction of sp³-hybridized carbons (Fsp3) is 0.412. The van der Waals surface area contributed by atoms with Crippen molar-refractivity contribution in [2.45, 2.75) is 33.2 Å². The summed E-state index contributed by atoms with van der Waals surface area (Å²) in [5, 5.41) is 15.1. The Bertz CT molecular complexity index is 777. The summed E-state index contributed by atoms with van der Waals surface area (Å²) in [5.74, 6) is 0.968. The van der Waals surface area contributed by atoms with Gasteiger partial charge in [0.15, 0.2) is 5.82 Å². The molecule has 0 fully saturated rings. The van der Waals surface area contributed by atoms with E-state index in [0.29, 0.717) is 0 Å². The second kappa shape index (κ2) is 6.68. The molecule has 5 nitrogen and oxygen atoms in total. The molecule has 1 aromatic carbocycles. The van der Waals surface area contributed by atoms with Crippen molar-refractivity contribution in [1.82, 2.24) is 19.5 Å². The molecular formula is C17H22N4OS. The summed E-state index contributed by atoms with van der Waals surface area (Å²) in [7, 11) is 0. The first-order chi connectivity index (χ1) is 11.2. The molecule has 3 aromatic rings. The molecule has 0 spiro atoms. The molecule has 6 heteroatoms. The van der Waals surface area contributed by atoms with Crippen LogP contribution in [0.25, 0.3) is 4.96 Å². The highest BCUT2D eigenvalue weighted by Crippen LogP contribution is 2.39. The quantitative estimate of drug-likeness (QED) is 0.752.